The van der Waals surface area contributed by atoms with Crippen molar-refractivity contribution in [2.75, 3.05) is 0 Å². The van der Waals surface area contributed by atoms with E-state index < -0.39 is 0 Å². The van der Waals surface area contributed by atoms with E-state index in [1.807, 2.05) is 0 Å². The lowest BCUT2D eigenvalue weighted by atomic mass is 9.95. The molecule has 3 heterocycles. The van der Waals surface area contributed by atoms with Crippen LogP contribution in [0.1, 0.15) is 29.6 Å². The summed E-state index contributed by atoms with van der Waals surface area (Å²) in [7, 11) is 0. The number of carbonyl (C=O) groups is 1. The van der Waals surface area contributed by atoms with Crippen molar-refractivity contribution in [3.05, 3.63) is 41.1 Å². The predicted molar refractivity (Wildman–Crippen MR) is 83.8 cm³/mol. The summed E-state index contributed by atoms with van der Waals surface area (Å²) < 4.78 is 10.2. The molecule has 4 rings (SSSR count). The molecule has 1 aromatic heterocycles. The van der Waals surface area contributed by atoms with Crippen molar-refractivity contribution in [1.82, 2.24) is 15.8 Å². The quantitative estimate of drug-likeness (QED) is 0.899. The molecule has 0 saturated carbocycles. The van der Waals surface area contributed by atoms with Crippen LogP contribution in [0, 0.1) is 0 Å². The molecule has 2 bridgehead atoms. The Morgan fingerprint density at radius 3 is 2.78 bits per heavy atom. The van der Waals surface area contributed by atoms with Crippen LogP contribution in [0.25, 0.3) is 0 Å². The second-order valence-electron chi connectivity index (χ2n) is 5.96. The lowest BCUT2D eigenvalue weighted by Gasteiger charge is -2.21. The minimum Gasteiger partial charge on any atom is -0.436 e. The van der Waals surface area contributed by atoms with E-state index in [0.29, 0.717) is 23.4 Å². The Balaban J connectivity index is 1.38. The van der Waals surface area contributed by atoms with Gasteiger partial charge in [-0.2, -0.15) is 0 Å². The molecule has 3 atom stereocenters. The zero-order valence-corrected chi connectivity index (χ0v) is 13.0. The Hall–Kier alpha value is -2.05. The summed E-state index contributed by atoms with van der Waals surface area (Å²) in [6.45, 7) is 0. The molecule has 7 heteroatoms. The first-order chi connectivity index (χ1) is 11.2. The normalized spacial score (nSPS) is 25.5. The van der Waals surface area contributed by atoms with Crippen molar-refractivity contribution in [3.8, 4) is 11.6 Å². The highest BCUT2D eigenvalue weighted by Gasteiger charge is 2.39. The SMILES string of the molecule is O=C(N[C@@H]1C[C@H]2CC[C@@H]1N2)c1ccc(Oc2cc(Cl)on2)cc1. The van der Waals surface area contributed by atoms with Crippen LogP contribution < -0.4 is 15.4 Å². The smallest absolute Gasteiger partial charge is 0.261 e. The highest BCUT2D eigenvalue weighted by Crippen LogP contribution is 2.28. The van der Waals surface area contributed by atoms with Gasteiger partial charge in [-0.25, -0.2) is 0 Å². The van der Waals surface area contributed by atoms with Gasteiger partial charge in [0.15, 0.2) is 0 Å². The first kappa shape index (κ1) is 14.5. The summed E-state index contributed by atoms with van der Waals surface area (Å²) in [6.07, 6.45) is 3.38. The van der Waals surface area contributed by atoms with Crippen LogP contribution in [0.4, 0.5) is 0 Å². The van der Waals surface area contributed by atoms with Gasteiger partial charge in [0.05, 0.1) is 6.07 Å². The van der Waals surface area contributed by atoms with Crippen molar-refractivity contribution in [2.45, 2.75) is 37.4 Å². The van der Waals surface area contributed by atoms with Gasteiger partial charge < -0.3 is 19.9 Å². The van der Waals surface area contributed by atoms with Crippen molar-refractivity contribution < 1.29 is 14.1 Å². The summed E-state index contributed by atoms with van der Waals surface area (Å²) in [6, 6.07) is 9.59. The fourth-order valence-corrected chi connectivity index (χ4v) is 3.44. The molecule has 2 saturated heterocycles. The molecule has 6 nitrogen and oxygen atoms in total. The van der Waals surface area contributed by atoms with Crippen LogP contribution in [0.3, 0.4) is 0 Å². The van der Waals surface area contributed by atoms with Crippen LogP contribution in [0.2, 0.25) is 5.22 Å². The third-order valence-corrected chi connectivity index (χ3v) is 4.59. The number of fused-ring (bicyclic) bond motifs is 2. The van der Waals surface area contributed by atoms with Gasteiger partial charge in [0.2, 0.25) is 5.22 Å². The molecule has 23 heavy (non-hydrogen) atoms. The predicted octanol–water partition coefficient (Wildman–Crippen LogP) is 2.74. The fourth-order valence-electron chi connectivity index (χ4n) is 3.32. The summed E-state index contributed by atoms with van der Waals surface area (Å²) in [5.41, 5.74) is 0.610. The number of halogens is 1. The van der Waals surface area contributed by atoms with Gasteiger partial charge in [0, 0.05) is 23.7 Å². The molecule has 0 radical (unpaired) electrons. The summed E-state index contributed by atoms with van der Waals surface area (Å²) >= 11 is 5.63. The summed E-state index contributed by atoms with van der Waals surface area (Å²) in [5.74, 6) is 0.786. The second-order valence-corrected chi connectivity index (χ2v) is 6.33. The zero-order valence-electron chi connectivity index (χ0n) is 12.3. The van der Waals surface area contributed by atoms with Crippen molar-refractivity contribution in [2.24, 2.45) is 0 Å². The molecule has 120 valence electrons. The number of hydrogen-bond acceptors (Lipinski definition) is 5. The maximum absolute atomic E-state index is 12.3. The zero-order chi connectivity index (χ0) is 15.8. The molecular formula is C16H16ClN3O3. The third kappa shape index (κ3) is 3.04. The lowest BCUT2D eigenvalue weighted by Crippen LogP contribution is -2.42. The highest BCUT2D eigenvalue weighted by molar-refractivity contribution is 6.28. The van der Waals surface area contributed by atoms with Crippen LogP contribution in [0.5, 0.6) is 11.6 Å². The van der Waals surface area contributed by atoms with E-state index in [4.69, 9.17) is 20.9 Å². The van der Waals surface area contributed by atoms with Gasteiger partial charge in [-0.15, -0.1) is 0 Å². The molecule has 1 amide bonds. The van der Waals surface area contributed by atoms with Gasteiger partial charge in [0.1, 0.15) is 5.75 Å². The Labute approximate surface area is 138 Å². The molecule has 0 unspecified atom stereocenters. The molecule has 1 aromatic carbocycles. The van der Waals surface area contributed by atoms with E-state index in [-0.39, 0.29) is 23.0 Å². The highest BCUT2D eigenvalue weighted by atomic mass is 35.5. The minimum atomic E-state index is -0.0552. The molecule has 2 aliphatic rings. The monoisotopic (exact) mass is 333 g/mol. The number of ether oxygens (including phenoxy) is 1. The van der Waals surface area contributed by atoms with Crippen LogP contribution in [-0.2, 0) is 0 Å². The van der Waals surface area contributed by atoms with Gasteiger partial charge in [0.25, 0.3) is 11.8 Å². The minimum absolute atomic E-state index is 0.0552. The molecule has 2 N–H and O–H groups in total. The van der Waals surface area contributed by atoms with Gasteiger partial charge in [-0.1, -0.05) is 0 Å². The number of hydrogen-bond donors (Lipinski definition) is 2. The fraction of sp³-hybridized carbons (Fsp3) is 0.375. The summed E-state index contributed by atoms with van der Waals surface area (Å²) in [5, 5.41) is 10.4. The average molecular weight is 334 g/mol. The van der Waals surface area contributed by atoms with E-state index in [1.54, 1.807) is 24.3 Å². The Morgan fingerprint density at radius 1 is 1.35 bits per heavy atom. The number of rotatable bonds is 4. The van der Waals surface area contributed by atoms with Gasteiger partial charge in [-0.3, -0.25) is 4.79 Å². The third-order valence-electron chi connectivity index (χ3n) is 4.42. The van der Waals surface area contributed by atoms with Crippen LogP contribution in [0.15, 0.2) is 34.9 Å². The largest absolute Gasteiger partial charge is 0.436 e. The lowest BCUT2D eigenvalue weighted by molar-refractivity contribution is 0.0931. The Bertz CT molecular complexity index is 716. The topological polar surface area (TPSA) is 76.4 Å². The second kappa shape index (κ2) is 5.86. The van der Waals surface area contributed by atoms with Crippen LogP contribution >= 0.6 is 11.6 Å². The van der Waals surface area contributed by atoms with Crippen LogP contribution in [-0.4, -0.2) is 29.2 Å². The van der Waals surface area contributed by atoms with Crippen molar-refractivity contribution >= 4 is 17.5 Å². The number of nitrogens with zero attached hydrogens (tertiary/aromatic N) is 1. The first-order valence-corrected chi connectivity index (χ1v) is 8.02. The number of amides is 1. The van der Waals surface area contributed by atoms with E-state index in [9.17, 15) is 4.79 Å². The maximum Gasteiger partial charge on any atom is 0.261 e. The van der Waals surface area contributed by atoms with Crippen molar-refractivity contribution in [1.29, 1.82) is 0 Å². The number of carbonyl (C=O) groups excluding carboxylic acids is 1. The summed E-state index contributed by atoms with van der Waals surface area (Å²) in [4.78, 5) is 12.3. The van der Waals surface area contributed by atoms with Crippen molar-refractivity contribution in [3.63, 3.8) is 0 Å². The standard InChI is InChI=1S/C16H16ClN3O3/c17-14-8-15(20-23-14)22-11-4-1-9(2-5-11)16(21)19-13-7-10-3-6-12(13)18-10/h1-2,4-5,8,10,12-13,18H,3,6-7H2,(H,19,21)/t10-,12+,13-/m1/s1. The molecule has 0 spiro atoms. The van der Waals surface area contributed by atoms with E-state index >= 15 is 0 Å². The number of aromatic nitrogens is 1. The molecule has 2 fully saturated rings. The maximum atomic E-state index is 12.3. The average Bonchev–Trinajstić information content (AvgIpc) is 3.25. The molecule has 0 aliphatic carbocycles. The van der Waals surface area contributed by atoms with E-state index in [1.165, 1.54) is 12.5 Å². The van der Waals surface area contributed by atoms with E-state index in [0.717, 1.165) is 12.8 Å². The molecule has 2 aromatic rings. The molecular weight excluding hydrogens is 318 g/mol. The first-order valence-electron chi connectivity index (χ1n) is 7.64. The Morgan fingerprint density at radius 2 is 2.17 bits per heavy atom. The van der Waals surface area contributed by atoms with E-state index in [2.05, 4.69) is 15.8 Å². The number of benzene rings is 1. The van der Waals surface area contributed by atoms with Gasteiger partial charge in [-0.05, 0) is 60.3 Å². The van der Waals surface area contributed by atoms with Gasteiger partial charge >= 0.3 is 0 Å². The Kier molecular flexibility index (Phi) is 3.71. The number of nitrogens with one attached hydrogen (secondary N) is 2. The molecule has 2 aliphatic heterocycles.